The van der Waals surface area contributed by atoms with Gasteiger partial charge < -0.3 is 10.4 Å². The van der Waals surface area contributed by atoms with Gasteiger partial charge in [0.05, 0.1) is 0 Å². The van der Waals surface area contributed by atoms with Gasteiger partial charge in [-0.3, -0.25) is 0 Å². The van der Waals surface area contributed by atoms with Crippen LogP contribution in [0, 0.1) is 5.41 Å². The zero-order chi connectivity index (χ0) is 14.5. The lowest BCUT2D eigenvalue weighted by Gasteiger charge is -2.22. The smallest absolute Gasteiger partial charge is 0.0494 e. The molecule has 0 spiro atoms. The number of rotatable bonds is 6. The van der Waals surface area contributed by atoms with Gasteiger partial charge in [0.15, 0.2) is 0 Å². The monoisotopic (exact) mass is 263 g/mol. The van der Waals surface area contributed by atoms with Crippen molar-refractivity contribution in [3.63, 3.8) is 0 Å². The van der Waals surface area contributed by atoms with E-state index in [-0.39, 0.29) is 17.4 Å². The standard InChI is InChI=1S/C17H29NO/c1-16(2,3)15-8-6-14(7-9-15)10-11-18-12-17(4,5)13-19/h6-9,18-19H,10-13H2,1-5H3. The number of benzene rings is 1. The van der Waals surface area contributed by atoms with Gasteiger partial charge in [0.1, 0.15) is 0 Å². The van der Waals surface area contributed by atoms with Gasteiger partial charge in [-0.1, -0.05) is 58.9 Å². The quantitative estimate of drug-likeness (QED) is 0.773. The molecule has 0 bridgehead atoms. The summed E-state index contributed by atoms with van der Waals surface area (Å²) in [6.07, 6.45) is 1.03. The molecule has 19 heavy (non-hydrogen) atoms. The molecule has 0 unspecified atom stereocenters. The maximum absolute atomic E-state index is 9.18. The Morgan fingerprint density at radius 1 is 1.00 bits per heavy atom. The highest BCUT2D eigenvalue weighted by molar-refractivity contribution is 5.27. The maximum atomic E-state index is 9.18. The molecule has 0 amide bonds. The predicted octanol–water partition coefficient (Wildman–Crippen LogP) is 3.13. The van der Waals surface area contributed by atoms with Crippen LogP contribution in [0.4, 0.5) is 0 Å². The summed E-state index contributed by atoms with van der Waals surface area (Å²) in [5, 5.41) is 12.6. The van der Waals surface area contributed by atoms with Gasteiger partial charge in [0, 0.05) is 18.6 Å². The lowest BCUT2D eigenvalue weighted by atomic mass is 9.86. The van der Waals surface area contributed by atoms with Gasteiger partial charge in [-0.25, -0.2) is 0 Å². The molecule has 0 aromatic heterocycles. The summed E-state index contributed by atoms with van der Waals surface area (Å²) in [5.74, 6) is 0. The van der Waals surface area contributed by atoms with Gasteiger partial charge in [0.2, 0.25) is 0 Å². The molecule has 1 aromatic rings. The first-order chi connectivity index (χ1) is 8.74. The van der Waals surface area contributed by atoms with Crippen molar-refractivity contribution in [3.05, 3.63) is 35.4 Å². The second-order valence-corrected chi connectivity index (χ2v) is 7.20. The highest BCUT2D eigenvalue weighted by Gasteiger charge is 2.15. The molecule has 0 aliphatic carbocycles. The molecule has 108 valence electrons. The molecular formula is C17H29NO. The second-order valence-electron chi connectivity index (χ2n) is 7.20. The molecule has 0 heterocycles. The summed E-state index contributed by atoms with van der Waals surface area (Å²) in [7, 11) is 0. The Hall–Kier alpha value is -0.860. The minimum atomic E-state index is -0.0317. The highest BCUT2D eigenvalue weighted by Crippen LogP contribution is 2.22. The topological polar surface area (TPSA) is 32.3 Å². The first-order valence-electron chi connectivity index (χ1n) is 7.16. The van der Waals surface area contributed by atoms with Crippen molar-refractivity contribution in [3.8, 4) is 0 Å². The third-order valence-corrected chi connectivity index (χ3v) is 3.44. The van der Waals surface area contributed by atoms with Crippen LogP contribution in [0.3, 0.4) is 0 Å². The fourth-order valence-electron chi connectivity index (χ4n) is 1.89. The summed E-state index contributed by atoms with van der Waals surface area (Å²) >= 11 is 0. The fraction of sp³-hybridized carbons (Fsp3) is 0.647. The molecule has 2 nitrogen and oxygen atoms in total. The van der Waals surface area contributed by atoms with Gasteiger partial charge in [-0.15, -0.1) is 0 Å². The maximum Gasteiger partial charge on any atom is 0.0494 e. The van der Waals surface area contributed by atoms with Gasteiger partial charge in [-0.2, -0.15) is 0 Å². The molecule has 2 N–H and O–H groups in total. The van der Waals surface area contributed by atoms with E-state index in [0.717, 1.165) is 19.5 Å². The number of hydrogen-bond acceptors (Lipinski definition) is 2. The number of aliphatic hydroxyl groups excluding tert-OH is 1. The van der Waals surface area contributed by atoms with Crippen molar-refractivity contribution in [1.29, 1.82) is 0 Å². The number of hydrogen-bond donors (Lipinski definition) is 2. The third kappa shape index (κ3) is 5.75. The van der Waals surface area contributed by atoms with Gasteiger partial charge in [-0.05, 0) is 29.5 Å². The molecule has 0 saturated heterocycles. The van der Waals surface area contributed by atoms with Crippen LogP contribution in [0.1, 0.15) is 45.7 Å². The van der Waals surface area contributed by atoms with E-state index in [9.17, 15) is 5.11 Å². The van der Waals surface area contributed by atoms with Crippen LogP contribution >= 0.6 is 0 Å². The van der Waals surface area contributed by atoms with Crippen LogP contribution in [-0.4, -0.2) is 24.8 Å². The Morgan fingerprint density at radius 2 is 1.58 bits per heavy atom. The van der Waals surface area contributed by atoms with E-state index in [0.29, 0.717) is 0 Å². The number of aliphatic hydroxyl groups is 1. The Bertz CT molecular complexity index is 373. The molecule has 0 atom stereocenters. The molecular weight excluding hydrogens is 234 g/mol. The molecule has 0 radical (unpaired) electrons. The van der Waals surface area contributed by atoms with Crippen LogP contribution in [-0.2, 0) is 11.8 Å². The first-order valence-corrected chi connectivity index (χ1v) is 7.16. The molecule has 0 aliphatic rings. The average molecular weight is 263 g/mol. The summed E-state index contributed by atoms with van der Waals surface area (Å²) in [4.78, 5) is 0. The normalized spacial score (nSPS) is 12.7. The Morgan fingerprint density at radius 3 is 2.05 bits per heavy atom. The molecule has 2 heteroatoms. The van der Waals surface area contributed by atoms with Crippen LogP contribution in [0.25, 0.3) is 0 Å². The van der Waals surface area contributed by atoms with Crippen molar-refractivity contribution in [1.82, 2.24) is 5.32 Å². The highest BCUT2D eigenvalue weighted by atomic mass is 16.3. The summed E-state index contributed by atoms with van der Waals surface area (Å²) in [6.45, 7) is 12.9. The Kier molecular flexibility index (Phi) is 5.57. The summed E-state index contributed by atoms with van der Waals surface area (Å²) in [6, 6.07) is 8.90. The molecule has 1 aromatic carbocycles. The van der Waals surface area contributed by atoms with Crippen molar-refractivity contribution >= 4 is 0 Å². The van der Waals surface area contributed by atoms with Gasteiger partial charge >= 0.3 is 0 Å². The van der Waals surface area contributed by atoms with Crippen molar-refractivity contribution < 1.29 is 5.11 Å². The second kappa shape index (κ2) is 6.53. The van der Waals surface area contributed by atoms with Crippen LogP contribution in [0.5, 0.6) is 0 Å². The first kappa shape index (κ1) is 16.2. The fourth-order valence-corrected chi connectivity index (χ4v) is 1.89. The molecule has 0 fully saturated rings. The van der Waals surface area contributed by atoms with E-state index in [1.54, 1.807) is 0 Å². The van der Waals surface area contributed by atoms with Crippen LogP contribution in [0.2, 0.25) is 0 Å². The minimum absolute atomic E-state index is 0.0317. The Balaban J connectivity index is 2.39. The lowest BCUT2D eigenvalue weighted by Crippen LogP contribution is -2.33. The van der Waals surface area contributed by atoms with Crippen molar-refractivity contribution in [2.45, 2.75) is 46.5 Å². The largest absolute Gasteiger partial charge is 0.396 e. The van der Waals surface area contributed by atoms with E-state index < -0.39 is 0 Å². The third-order valence-electron chi connectivity index (χ3n) is 3.44. The number of nitrogens with one attached hydrogen (secondary N) is 1. The van der Waals surface area contributed by atoms with E-state index in [1.165, 1.54) is 11.1 Å². The molecule has 0 saturated carbocycles. The van der Waals surface area contributed by atoms with Crippen LogP contribution in [0.15, 0.2) is 24.3 Å². The van der Waals surface area contributed by atoms with Crippen molar-refractivity contribution in [2.75, 3.05) is 19.7 Å². The van der Waals surface area contributed by atoms with Gasteiger partial charge in [0.25, 0.3) is 0 Å². The summed E-state index contributed by atoms with van der Waals surface area (Å²) in [5.41, 5.74) is 2.94. The lowest BCUT2D eigenvalue weighted by molar-refractivity contribution is 0.157. The van der Waals surface area contributed by atoms with E-state index in [2.05, 4.69) is 64.2 Å². The van der Waals surface area contributed by atoms with Crippen LogP contribution < -0.4 is 5.32 Å². The zero-order valence-electron chi connectivity index (χ0n) is 13.1. The minimum Gasteiger partial charge on any atom is -0.396 e. The van der Waals surface area contributed by atoms with E-state index in [4.69, 9.17) is 0 Å². The SMILES string of the molecule is CC(C)(CO)CNCCc1ccc(C(C)(C)C)cc1. The predicted molar refractivity (Wildman–Crippen MR) is 82.6 cm³/mol. The Labute approximate surface area is 118 Å². The van der Waals surface area contributed by atoms with E-state index >= 15 is 0 Å². The van der Waals surface area contributed by atoms with E-state index in [1.807, 2.05) is 0 Å². The molecule has 0 aliphatic heterocycles. The molecule has 1 rings (SSSR count). The van der Waals surface area contributed by atoms with Crippen molar-refractivity contribution in [2.24, 2.45) is 5.41 Å². The zero-order valence-corrected chi connectivity index (χ0v) is 13.1. The average Bonchev–Trinajstić information content (AvgIpc) is 2.34. The summed E-state index contributed by atoms with van der Waals surface area (Å²) < 4.78 is 0.